The Kier molecular flexibility index (Phi) is 4.41. The van der Waals surface area contributed by atoms with E-state index in [-0.39, 0.29) is 17.2 Å². The lowest BCUT2D eigenvalue weighted by Crippen LogP contribution is -2.28. The number of methoxy groups -OCH3 is 1. The highest BCUT2D eigenvalue weighted by molar-refractivity contribution is 5.97. The second-order valence-electron chi connectivity index (χ2n) is 5.60. The Bertz CT molecular complexity index is 844. The van der Waals surface area contributed by atoms with Crippen LogP contribution in [0.15, 0.2) is 35.4 Å². The SMILES string of the molecule is COC(=O)c1c[nH]c(=O)c(NC(=O)C2CCCc3cccnc32)c1. The monoisotopic (exact) mass is 327 g/mol. The summed E-state index contributed by atoms with van der Waals surface area (Å²) in [6.07, 6.45) is 5.36. The molecule has 0 aliphatic heterocycles. The smallest absolute Gasteiger partial charge is 0.339 e. The van der Waals surface area contributed by atoms with Gasteiger partial charge in [-0.15, -0.1) is 0 Å². The van der Waals surface area contributed by atoms with Crippen molar-refractivity contribution in [1.29, 1.82) is 0 Å². The molecule has 0 bridgehead atoms. The number of rotatable bonds is 3. The maximum Gasteiger partial charge on any atom is 0.339 e. The van der Waals surface area contributed by atoms with E-state index < -0.39 is 17.4 Å². The standard InChI is InChI=1S/C17H17N3O4/c1-24-17(23)11-8-13(16(22)19-9-11)20-15(21)12-6-2-4-10-5-3-7-18-14(10)12/h3,5,7-9,12H,2,4,6H2,1H3,(H,19,22)(H,20,21). The predicted octanol–water partition coefficient (Wildman–Crippen LogP) is 1.62. The van der Waals surface area contributed by atoms with Crippen LogP contribution >= 0.6 is 0 Å². The summed E-state index contributed by atoms with van der Waals surface area (Å²) in [6.45, 7) is 0. The van der Waals surface area contributed by atoms with Gasteiger partial charge in [-0.3, -0.25) is 14.6 Å². The lowest BCUT2D eigenvalue weighted by molar-refractivity contribution is -0.118. The van der Waals surface area contributed by atoms with Crippen molar-refractivity contribution in [3.05, 3.63) is 57.8 Å². The molecule has 2 aromatic rings. The predicted molar refractivity (Wildman–Crippen MR) is 86.9 cm³/mol. The number of carbonyl (C=O) groups is 2. The van der Waals surface area contributed by atoms with Crippen LogP contribution < -0.4 is 10.9 Å². The van der Waals surface area contributed by atoms with Gasteiger partial charge in [-0.25, -0.2) is 4.79 Å². The first-order valence-corrected chi connectivity index (χ1v) is 7.66. The van der Waals surface area contributed by atoms with Crippen LogP contribution in [0.3, 0.4) is 0 Å². The number of fused-ring (bicyclic) bond motifs is 1. The number of amides is 1. The molecule has 1 amide bonds. The number of aromatic nitrogens is 2. The van der Waals surface area contributed by atoms with Gasteiger partial charge in [-0.1, -0.05) is 6.07 Å². The molecule has 1 unspecified atom stereocenters. The summed E-state index contributed by atoms with van der Waals surface area (Å²) in [5.74, 6) is -1.30. The van der Waals surface area contributed by atoms with Gasteiger partial charge < -0.3 is 15.0 Å². The fraction of sp³-hybridized carbons (Fsp3) is 0.294. The van der Waals surface area contributed by atoms with E-state index in [1.54, 1.807) is 6.20 Å². The van der Waals surface area contributed by atoms with Gasteiger partial charge in [0, 0.05) is 12.4 Å². The van der Waals surface area contributed by atoms with Crippen molar-refractivity contribution in [2.24, 2.45) is 0 Å². The average molecular weight is 327 g/mol. The quantitative estimate of drug-likeness (QED) is 0.834. The minimum Gasteiger partial charge on any atom is -0.465 e. The number of esters is 1. The number of hydrogen-bond donors (Lipinski definition) is 2. The van der Waals surface area contributed by atoms with E-state index in [9.17, 15) is 14.4 Å². The molecule has 0 aromatic carbocycles. The molecule has 7 nitrogen and oxygen atoms in total. The van der Waals surface area contributed by atoms with Crippen molar-refractivity contribution in [2.75, 3.05) is 12.4 Å². The van der Waals surface area contributed by atoms with Gasteiger partial charge in [0.1, 0.15) is 5.69 Å². The molecule has 1 atom stereocenters. The zero-order valence-electron chi connectivity index (χ0n) is 13.2. The van der Waals surface area contributed by atoms with Crippen LogP contribution in [-0.2, 0) is 16.0 Å². The van der Waals surface area contributed by atoms with Crippen LogP contribution in [0.5, 0.6) is 0 Å². The molecule has 0 radical (unpaired) electrons. The normalized spacial score (nSPS) is 16.1. The van der Waals surface area contributed by atoms with Crippen LogP contribution in [0, 0.1) is 0 Å². The van der Waals surface area contributed by atoms with Crippen molar-refractivity contribution in [3.63, 3.8) is 0 Å². The van der Waals surface area contributed by atoms with Crippen molar-refractivity contribution in [3.8, 4) is 0 Å². The van der Waals surface area contributed by atoms with Crippen molar-refractivity contribution in [1.82, 2.24) is 9.97 Å². The topological polar surface area (TPSA) is 101 Å². The first-order valence-electron chi connectivity index (χ1n) is 7.66. The highest BCUT2D eigenvalue weighted by Crippen LogP contribution is 2.30. The van der Waals surface area contributed by atoms with E-state index >= 15 is 0 Å². The molecule has 2 heterocycles. The second-order valence-corrected chi connectivity index (χ2v) is 5.60. The number of nitrogens with zero attached hydrogens (tertiary/aromatic N) is 1. The molecule has 3 rings (SSSR count). The number of hydrogen-bond acceptors (Lipinski definition) is 5. The second kappa shape index (κ2) is 6.66. The van der Waals surface area contributed by atoms with Crippen molar-refractivity contribution < 1.29 is 14.3 Å². The number of carbonyl (C=O) groups excluding carboxylic acids is 2. The largest absolute Gasteiger partial charge is 0.465 e. The third-order valence-electron chi connectivity index (χ3n) is 4.09. The molecule has 2 N–H and O–H groups in total. The Morgan fingerprint density at radius 2 is 2.25 bits per heavy atom. The van der Waals surface area contributed by atoms with Gasteiger partial charge in [0.15, 0.2) is 0 Å². The van der Waals surface area contributed by atoms with E-state index in [2.05, 4.69) is 20.0 Å². The maximum absolute atomic E-state index is 12.6. The summed E-state index contributed by atoms with van der Waals surface area (Å²) < 4.78 is 4.62. The summed E-state index contributed by atoms with van der Waals surface area (Å²) in [6, 6.07) is 5.13. The molecule has 0 saturated heterocycles. The lowest BCUT2D eigenvalue weighted by Gasteiger charge is -2.23. The zero-order valence-corrected chi connectivity index (χ0v) is 13.2. The number of anilines is 1. The van der Waals surface area contributed by atoms with Crippen LogP contribution in [-0.4, -0.2) is 29.0 Å². The molecule has 24 heavy (non-hydrogen) atoms. The fourth-order valence-electron chi connectivity index (χ4n) is 2.90. The average Bonchev–Trinajstić information content (AvgIpc) is 2.62. The number of pyridine rings is 2. The van der Waals surface area contributed by atoms with Gasteiger partial charge in [0.05, 0.1) is 24.3 Å². The Balaban J connectivity index is 1.86. The number of ether oxygens (including phenoxy) is 1. The van der Waals surface area contributed by atoms with Crippen molar-refractivity contribution >= 4 is 17.6 Å². The Labute approximate surface area is 138 Å². The van der Waals surface area contributed by atoms with Gasteiger partial charge >= 0.3 is 5.97 Å². The van der Waals surface area contributed by atoms with Crippen molar-refractivity contribution in [2.45, 2.75) is 25.2 Å². The lowest BCUT2D eigenvalue weighted by atomic mass is 9.86. The summed E-state index contributed by atoms with van der Waals surface area (Å²) in [5, 5.41) is 2.61. The van der Waals surface area contributed by atoms with E-state index in [1.807, 2.05) is 12.1 Å². The fourth-order valence-corrected chi connectivity index (χ4v) is 2.90. The van der Waals surface area contributed by atoms with E-state index in [0.29, 0.717) is 6.42 Å². The van der Waals surface area contributed by atoms with Gasteiger partial charge in [0.2, 0.25) is 5.91 Å². The Hall–Kier alpha value is -2.96. The van der Waals surface area contributed by atoms with Gasteiger partial charge in [-0.2, -0.15) is 0 Å². The van der Waals surface area contributed by atoms with Gasteiger partial charge in [-0.05, 0) is 37.0 Å². The highest BCUT2D eigenvalue weighted by atomic mass is 16.5. The molecule has 7 heteroatoms. The van der Waals surface area contributed by atoms with Crippen LogP contribution in [0.2, 0.25) is 0 Å². The molecular formula is C17H17N3O4. The minimum atomic E-state index is -0.591. The molecule has 0 saturated carbocycles. The number of aromatic amines is 1. The molecule has 1 aliphatic rings. The summed E-state index contributed by atoms with van der Waals surface area (Å²) in [7, 11) is 1.25. The molecular weight excluding hydrogens is 310 g/mol. The zero-order chi connectivity index (χ0) is 17.1. The van der Waals surface area contributed by atoms with E-state index in [0.717, 1.165) is 24.1 Å². The molecule has 1 aliphatic carbocycles. The molecule has 0 spiro atoms. The van der Waals surface area contributed by atoms with Crippen LogP contribution in [0.4, 0.5) is 5.69 Å². The Morgan fingerprint density at radius 1 is 1.42 bits per heavy atom. The number of nitrogens with one attached hydrogen (secondary N) is 2. The molecule has 0 fully saturated rings. The Morgan fingerprint density at radius 3 is 3.04 bits per heavy atom. The van der Waals surface area contributed by atoms with E-state index in [4.69, 9.17) is 0 Å². The summed E-state index contributed by atoms with van der Waals surface area (Å²) in [5.41, 5.74) is 1.51. The number of H-pyrrole nitrogens is 1. The van der Waals surface area contributed by atoms with Crippen LogP contribution in [0.1, 0.15) is 40.4 Å². The molecule has 124 valence electrons. The maximum atomic E-state index is 12.6. The first-order chi connectivity index (χ1) is 11.6. The van der Waals surface area contributed by atoms with Gasteiger partial charge in [0.25, 0.3) is 5.56 Å². The summed E-state index contributed by atoms with van der Waals surface area (Å²) >= 11 is 0. The highest BCUT2D eigenvalue weighted by Gasteiger charge is 2.28. The van der Waals surface area contributed by atoms with Crippen LogP contribution in [0.25, 0.3) is 0 Å². The molecule has 2 aromatic heterocycles. The third-order valence-corrected chi connectivity index (χ3v) is 4.09. The number of aryl methyl sites for hydroxylation is 1. The summed E-state index contributed by atoms with van der Waals surface area (Å²) in [4.78, 5) is 42.8. The van der Waals surface area contributed by atoms with E-state index in [1.165, 1.54) is 19.4 Å². The minimum absolute atomic E-state index is 0.0194. The first kappa shape index (κ1) is 15.9. The third kappa shape index (κ3) is 3.05.